The number of benzene rings is 4. The Balaban J connectivity index is 1.08. The summed E-state index contributed by atoms with van der Waals surface area (Å²) in [6.45, 7) is 10.4. The predicted octanol–water partition coefficient (Wildman–Crippen LogP) is 9.78. The molecule has 1 unspecified atom stereocenters. The van der Waals surface area contributed by atoms with Gasteiger partial charge in [-0.05, 0) is 114 Å². The largest absolute Gasteiger partial charge is 0.457 e. The van der Waals surface area contributed by atoms with E-state index in [0.29, 0.717) is 17.9 Å². The molecule has 1 aliphatic carbocycles. The fraction of sp³-hybridized carbons (Fsp3) is 0.278. The Kier molecular flexibility index (Phi) is 8.83. The molecule has 0 aromatic heterocycles. The van der Waals surface area contributed by atoms with E-state index in [1.165, 1.54) is 0 Å². The minimum Gasteiger partial charge on any atom is -0.457 e. The van der Waals surface area contributed by atoms with Gasteiger partial charge in [-0.2, -0.15) is 0 Å². The molecule has 1 atom stereocenters. The third kappa shape index (κ3) is 8.88. The van der Waals surface area contributed by atoms with Crippen molar-refractivity contribution in [3.05, 3.63) is 97.1 Å². The molecule has 5 rings (SSSR count). The van der Waals surface area contributed by atoms with Crippen molar-refractivity contribution in [2.24, 2.45) is 16.7 Å². The summed E-state index contributed by atoms with van der Waals surface area (Å²) in [7, 11) is 0. The highest BCUT2D eigenvalue weighted by Gasteiger charge is 2.50. The molecular weight excluding hydrogens is 556 g/mol. The van der Waals surface area contributed by atoms with Crippen LogP contribution in [0.4, 0.5) is 11.4 Å². The van der Waals surface area contributed by atoms with Crippen LogP contribution in [-0.4, -0.2) is 11.8 Å². The summed E-state index contributed by atoms with van der Waals surface area (Å²) in [6.07, 6.45) is 1.40. The van der Waals surface area contributed by atoms with Crippen LogP contribution in [-0.2, 0) is 9.59 Å². The van der Waals surface area contributed by atoms with Crippen LogP contribution < -0.4 is 20.1 Å². The van der Waals surface area contributed by atoms with Crippen molar-refractivity contribution in [1.82, 2.24) is 0 Å². The standard InChI is InChI=1S/C36H38N2O4S/c1-35(2,3)23-33(39)37-24-6-10-26(11-7-24)41-28-14-18-30(19-15-28)43-31-20-16-29(17-21-31)42-27-12-8-25(9-13-27)38-34(40)32-22-36(32,4)5/h6-21,32H,22-23H2,1-5H3,(H,37,39)(H,38,40). The van der Waals surface area contributed by atoms with E-state index in [9.17, 15) is 9.59 Å². The number of carbonyl (C=O) groups is 2. The lowest BCUT2D eigenvalue weighted by atomic mass is 9.92. The van der Waals surface area contributed by atoms with E-state index < -0.39 is 0 Å². The van der Waals surface area contributed by atoms with Crippen molar-refractivity contribution in [3.8, 4) is 23.0 Å². The van der Waals surface area contributed by atoms with E-state index in [-0.39, 0.29) is 28.6 Å². The van der Waals surface area contributed by atoms with Crippen molar-refractivity contribution in [2.75, 3.05) is 10.6 Å². The van der Waals surface area contributed by atoms with Gasteiger partial charge < -0.3 is 20.1 Å². The predicted molar refractivity (Wildman–Crippen MR) is 173 cm³/mol. The van der Waals surface area contributed by atoms with E-state index in [2.05, 4.69) is 24.5 Å². The average Bonchev–Trinajstić information content (AvgIpc) is 3.60. The molecule has 7 heteroatoms. The SMILES string of the molecule is CC(C)(C)CC(=O)Nc1ccc(Oc2ccc(Sc3ccc(Oc4ccc(NC(=O)C5CC5(C)C)cc4)cc3)cc2)cc1. The van der Waals surface area contributed by atoms with E-state index in [1.54, 1.807) is 11.8 Å². The Morgan fingerprint density at radius 2 is 1.07 bits per heavy atom. The van der Waals surface area contributed by atoms with Crippen LogP contribution in [0.15, 0.2) is 107 Å². The molecule has 0 spiro atoms. The molecule has 6 nitrogen and oxygen atoms in total. The van der Waals surface area contributed by atoms with Gasteiger partial charge in [-0.3, -0.25) is 9.59 Å². The number of hydrogen-bond donors (Lipinski definition) is 2. The third-order valence-electron chi connectivity index (χ3n) is 7.14. The maximum absolute atomic E-state index is 12.3. The van der Waals surface area contributed by atoms with Gasteiger partial charge in [0.1, 0.15) is 23.0 Å². The highest BCUT2D eigenvalue weighted by molar-refractivity contribution is 7.99. The van der Waals surface area contributed by atoms with Crippen LogP contribution in [0.25, 0.3) is 0 Å². The second-order valence-corrected chi connectivity index (χ2v) is 14.0. The molecule has 43 heavy (non-hydrogen) atoms. The van der Waals surface area contributed by atoms with Crippen LogP contribution in [0.1, 0.15) is 47.5 Å². The second-order valence-electron chi connectivity index (χ2n) is 12.8. The molecule has 1 fully saturated rings. The molecule has 0 bridgehead atoms. The minimum absolute atomic E-state index is 0.00198. The lowest BCUT2D eigenvalue weighted by Crippen LogP contribution is -2.19. The van der Waals surface area contributed by atoms with Gasteiger partial charge in [0.05, 0.1) is 0 Å². The summed E-state index contributed by atoms with van der Waals surface area (Å²) >= 11 is 1.65. The van der Waals surface area contributed by atoms with Crippen LogP contribution in [0.5, 0.6) is 23.0 Å². The quantitative estimate of drug-likeness (QED) is 0.191. The zero-order chi connectivity index (χ0) is 30.6. The van der Waals surface area contributed by atoms with Crippen LogP contribution in [0.2, 0.25) is 0 Å². The van der Waals surface area contributed by atoms with Crippen LogP contribution in [0, 0.1) is 16.7 Å². The summed E-state index contributed by atoms with van der Waals surface area (Å²) in [5.74, 6) is 3.06. The Morgan fingerprint density at radius 1 is 0.698 bits per heavy atom. The Hall–Kier alpha value is -4.23. The Morgan fingerprint density at radius 3 is 1.44 bits per heavy atom. The molecule has 4 aromatic carbocycles. The summed E-state index contributed by atoms with van der Waals surface area (Å²) in [5, 5.41) is 5.92. The van der Waals surface area contributed by atoms with Gasteiger partial charge in [-0.15, -0.1) is 0 Å². The van der Waals surface area contributed by atoms with Crippen molar-refractivity contribution >= 4 is 35.0 Å². The summed E-state index contributed by atoms with van der Waals surface area (Å²) in [6, 6.07) is 30.7. The number of rotatable bonds is 10. The molecule has 2 N–H and O–H groups in total. The summed E-state index contributed by atoms with van der Waals surface area (Å²) in [5.41, 5.74) is 1.58. The molecule has 0 radical (unpaired) electrons. The second kappa shape index (κ2) is 12.6. The zero-order valence-electron chi connectivity index (χ0n) is 25.3. The maximum Gasteiger partial charge on any atom is 0.228 e. The molecule has 222 valence electrons. The minimum atomic E-state index is -0.0569. The first-order valence-corrected chi connectivity index (χ1v) is 15.3. The van der Waals surface area contributed by atoms with Gasteiger partial charge in [0.25, 0.3) is 0 Å². The van der Waals surface area contributed by atoms with E-state index in [1.807, 2.05) is 118 Å². The summed E-state index contributed by atoms with van der Waals surface area (Å²) < 4.78 is 12.0. The Bertz CT molecular complexity index is 1560. The van der Waals surface area contributed by atoms with E-state index >= 15 is 0 Å². The van der Waals surface area contributed by atoms with Gasteiger partial charge in [0.2, 0.25) is 11.8 Å². The van der Waals surface area contributed by atoms with Gasteiger partial charge in [0.15, 0.2) is 0 Å². The lowest BCUT2D eigenvalue weighted by Gasteiger charge is -2.17. The van der Waals surface area contributed by atoms with Crippen molar-refractivity contribution in [2.45, 2.75) is 57.3 Å². The third-order valence-corrected chi connectivity index (χ3v) is 8.15. The van der Waals surface area contributed by atoms with Crippen molar-refractivity contribution < 1.29 is 19.1 Å². The molecule has 0 heterocycles. The molecule has 0 saturated heterocycles. The number of anilines is 2. The molecule has 2 amide bonds. The molecule has 1 saturated carbocycles. The first-order chi connectivity index (χ1) is 20.4. The first kappa shape index (κ1) is 30.2. The highest BCUT2D eigenvalue weighted by atomic mass is 32.2. The monoisotopic (exact) mass is 594 g/mol. The fourth-order valence-corrected chi connectivity index (χ4v) is 5.42. The van der Waals surface area contributed by atoms with Crippen molar-refractivity contribution in [3.63, 3.8) is 0 Å². The van der Waals surface area contributed by atoms with E-state index in [4.69, 9.17) is 9.47 Å². The molecule has 0 aliphatic heterocycles. The van der Waals surface area contributed by atoms with Gasteiger partial charge in [0, 0.05) is 33.5 Å². The van der Waals surface area contributed by atoms with Crippen molar-refractivity contribution in [1.29, 1.82) is 0 Å². The van der Waals surface area contributed by atoms with Gasteiger partial charge in [-0.1, -0.05) is 46.4 Å². The number of carbonyl (C=O) groups excluding carboxylic acids is 2. The number of nitrogens with one attached hydrogen (secondary N) is 2. The van der Waals surface area contributed by atoms with Gasteiger partial charge in [-0.25, -0.2) is 0 Å². The van der Waals surface area contributed by atoms with Gasteiger partial charge >= 0.3 is 0 Å². The average molecular weight is 595 g/mol. The first-order valence-electron chi connectivity index (χ1n) is 14.5. The normalized spacial score (nSPS) is 15.3. The fourth-order valence-electron chi connectivity index (χ4n) is 4.60. The van der Waals surface area contributed by atoms with E-state index in [0.717, 1.165) is 39.1 Å². The lowest BCUT2D eigenvalue weighted by molar-refractivity contribution is -0.118. The molecular formula is C36H38N2O4S. The summed E-state index contributed by atoms with van der Waals surface area (Å²) in [4.78, 5) is 26.7. The topological polar surface area (TPSA) is 76.7 Å². The van der Waals surface area contributed by atoms with Crippen LogP contribution in [0.3, 0.4) is 0 Å². The molecule has 4 aromatic rings. The molecule has 1 aliphatic rings. The van der Waals surface area contributed by atoms with Crippen LogP contribution >= 0.6 is 11.8 Å². The maximum atomic E-state index is 12.3. The highest BCUT2D eigenvalue weighted by Crippen LogP contribution is 2.52. The Labute approximate surface area is 258 Å². The number of amides is 2. The zero-order valence-corrected chi connectivity index (χ0v) is 26.1. The number of ether oxygens (including phenoxy) is 2. The smallest absolute Gasteiger partial charge is 0.228 e. The number of hydrogen-bond acceptors (Lipinski definition) is 5.